The molecule has 2 aromatic carbocycles. The Kier molecular flexibility index (Phi) is 7.91. The molecule has 2 nitrogen and oxygen atoms in total. The highest BCUT2D eigenvalue weighted by Gasteiger charge is 2.35. The molecule has 2 aromatic rings. The van der Waals surface area contributed by atoms with Crippen molar-refractivity contribution in [3.8, 4) is 0 Å². The van der Waals surface area contributed by atoms with Crippen LogP contribution in [0.15, 0.2) is 33.2 Å². The molecule has 0 spiro atoms. The van der Waals surface area contributed by atoms with Crippen LogP contribution < -0.4 is 0 Å². The molecule has 1 N–H and O–H groups in total. The summed E-state index contributed by atoms with van der Waals surface area (Å²) >= 11 is 6.65. The first kappa shape index (κ1) is 23.9. The summed E-state index contributed by atoms with van der Waals surface area (Å²) in [5.74, 6) is -0.778. The molecule has 27 heavy (non-hydrogen) atoms. The van der Waals surface area contributed by atoms with E-state index in [-0.39, 0.29) is 32.0 Å². The van der Waals surface area contributed by atoms with Gasteiger partial charge in [-0.05, 0) is 61.6 Å². The number of aliphatic hydroxyl groups is 1. The van der Waals surface area contributed by atoms with Crippen molar-refractivity contribution >= 4 is 37.6 Å². The minimum atomic E-state index is -0.997. The molecule has 0 saturated carbocycles. The Morgan fingerprint density at radius 3 is 2.04 bits per heavy atom. The molecular weight excluding hydrogens is 482 g/mol. The molecule has 2 aliphatic rings. The lowest BCUT2D eigenvalue weighted by molar-refractivity contribution is 0.0560. The van der Waals surface area contributed by atoms with E-state index in [1.54, 1.807) is 19.1 Å². The van der Waals surface area contributed by atoms with Crippen molar-refractivity contribution in [2.45, 2.75) is 53.1 Å². The molecule has 0 bridgehead atoms. The normalized spacial score (nSPS) is 19.3. The number of ketones is 1. The van der Waals surface area contributed by atoms with Gasteiger partial charge in [0.25, 0.3) is 0 Å². The molecule has 0 amide bonds. The van der Waals surface area contributed by atoms with Crippen LogP contribution in [0.25, 0.3) is 0 Å². The minimum Gasteiger partial charge on any atom is -0.385 e. The third kappa shape index (κ3) is 4.49. The zero-order valence-corrected chi connectivity index (χ0v) is 16.7. The Balaban J connectivity index is 0.000000252. The highest BCUT2D eigenvalue weighted by atomic mass is 79.9. The second-order valence-corrected chi connectivity index (χ2v) is 8.17. The van der Waals surface area contributed by atoms with Gasteiger partial charge in [-0.25, -0.2) is 8.78 Å². The van der Waals surface area contributed by atoms with Gasteiger partial charge in [-0.15, -0.1) is 0 Å². The number of hydrogen-bond acceptors (Lipinski definition) is 2. The SMILES string of the molecule is C.C.CC1(O)CCc2c(Br)ccc(F)c21.O=C1CCc2c(Br)ccc(F)c21. The van der Waals surface area contributed by atoms with Crippen molar-refractivity contribution < 1.29 is 18.7 Å². The minimum absolute atomic E-state index is 0. The van der Waals surface area contributed by atoms with Crippen LogP contribution in [0, 0.1) is 11.6 Å². The fraction of sp³-hybridized carbons (Fsp3) is 0.381. The molecule has 0 heterocycles. The van der Waals surface area contributed by atoms with Crippen LogP contribution in [0.1, 0.15) is 61.7 Å². The molecule has 1 atom stereocenters. The summed E-state index contributed by atoms with van der Waals surface area (Å²) in [5.41, 5.74) is 1.47. The molecule has 0 radical (unpaired) electrons. The number of carbonyl (C=O) groups excluding carboxylic acids is 1. The second-order valence-electron chi connectivity index (χ2n) is 6.46. The zero-order valence-electron chi connectivity index (χ0n) is 13.5. The maximum atomic E-state index is 13.4. The number of fused-ring (bicyclic) bond motifs is 2. The molecule has 0 fully saturated rings. The molecule has 148 valence electrons. The van der Waals surface area contributed by atoms with Crippen LogP contribution in [0.4, 0.5) is 8.78 Å². The number of rotatable bonds is 0. The summed E-state index contributed by atoms with van der Waals surface area (Å²) < 4.78 is 28.2. The molecule has 6 heteroatoms. The quantitative estimate of drug-likeness (QED) is 0.431. The zero-order chi connectivity index (χ0) is 18.4. The van der Waals surface area contributed by atoms with Crippen LogP contribution in [0.3, 0.4) is 0 Å². The van der Waals surface area contributed by atoms with Crippen molar-refractivity contribution in [3.05, 3.63) is 67.1 Å². The molecule has 0 aliphatic heterocycles. The van der Waals surface area contributed by atoms with E-state index in [1.165, 1.54) is 12.1 Å². The van der Waals surface area contributed by atoms with Gasteiger partial charge in [0.1, 0.15) is 11.6 Å². The van der Waals surface area contributed by atoms with Gasteiger partial charge >= 0.3 is 0 Å². The molecule has 0 saturated heterocycles. The Bertz CT molecular complexity index is 864. The smallest absolute Gasteiger partial charge is 0.166 e. The van der Waals surface area contributed by atoms with Crippen LogP contribution in [0.5, 0.6) is 0 Å². The van der Waals surface area contributed by atoms with Gasteiger partial charge in [0.05, 0.1) is 11.2 Å². The van der Waals surface area contributed by atoms with Gasteiger partial charge in [-0.1, -0.05) is 46.7 Å². The first-order valence-electron chi connectivity index (χ1n) is 7.92. The summed E-state index contributed by atoms with van der Waals surface area (Å²) in [6.07, 6.45) is 2.43. The van der Waals surface area contributed by atoms with Crippen molar-refractivity contribution in [1.29, 1.82) is 0 Å². The Labute approximate surface area is 176 Å². The summed E-state index contributed by atoms with van der Waals surface area (Å²) in [5, 5.41) is 9.89. The lowest BCUT2D eigenvalue weighted by Gasteiger charge is -2.18. The molecular formula is C21H24Br2F2O2. The van der Waals surface area contributed by atoms with Crippen LogP contribution in [-0.2, 0) is 18.4 Å². The van der Waals surface area contributed by atoms with Crippen molar-refractivity contribution in [2.24, 2.45) is 0 Å². The summed E-state index contributed by atoms with van der Waals surface area (Å²) in [6.45, 7) is 1.66. The van der Waals surface area contributed by atoms with Crippen LogP contribution >= 0.6 is 31.9 Å². The molecule has 0 aromatic heterocycles. The van der Waals surface area contributed by atoms with Gasteiger partial charge in [0.2, 0.25) is 0 Å². The van der Waals surface area contributed by atoms with Gasteiger partial charge < -0.3 is 5.11 Å². The number of halogens is 4. The summed E-state index contributed by atoms with van der Waals surface area (Å²) in [7, 11) is 0. The standard InChI is InChI=1S/C10H10BrFO.C9H6BrFO.2CH4/c1-10(13)5-4-6-7(11)2-3-8(12)9(6)10;10-6-2-3-7(11)9-5(6)1-4-8(9)12;;/h2-3,13H,4-5H2,1H3;2-3H,1,4H2;2*1H4. The third-order valence-corrected chi connectivity index (χ3v) is 6.18. The van der Waals surface area contributed by atoms with E-state index in [2.05, 4.69) is 31.9 Å². The third-order valence-electron chi connectivity index (χ3n) is 4.69. The van der Waals surface area contributed by atoms with Gasteiger partial charge in [-0.2, -0.15) is 0 Å². The summed E-state index contributed by atoms with van der Waals surface area (Å²) in [4.78, 5) is 11.2. The average Bonchev–Trinajstić information content (AvgIpc) is 3.10. The Morgan fingerprint density at radius 2 is 1.48 bits per heavy atom. The highest BCUT2D eigenvalue weighted by Crippen LogP contribution is 2.41. The van der Waals surface area contributed by atoms with Gasteiger partial charge in [0, 0.05) is 20.9 Å². The average molecular weight is 506 g/mol. The number of carbonyl (C=O) groups is 1. The lowest BCUT2D eigenvalue weighted by Crippen LogP contribution is -2.18. The first-order valence-corrected chi connectivity index (χ1v) is 9.51. The van der Waals surface area contributed by atoms with E-state index >= 15 is 0 Å². The molecule has 2 aliphatic carbocycles. The lowest BCUT2D eigenvalue weighted by atomic mass is 9.98. The Hall–Kier alpha value is -1.11. The van der Waals surface area contributed by atoms with E-state index < -0.39 is 11.4 Å². The Morgan fingerprint density at radius 1 is 0.926 bits per heavy atom. The first-order chi connectivity index (χ1) is 11.7. The van der Waals surface area contributed by atoms with Gasteiger partial charge in [0.15, 0.2) is 5.78 Å². The van der Waals surface area contributed by atoms with Gasteiger partial charge in [-0.3, -0.25) is 4.79 Å². The van der Waals surface area contributed by atoms with Crippen LogP contribution in [-0.4, -0.2) is 10.9 Å². The molecule has 1 unspecified atom stereocenters. The molecule has 4 rings (SSSR count). The predicted octanol–water partition coefficient (Wildman–Crippen LogP) is 6.73. The maximum absolute atomic E-state index is 13.4. The topological polar surface area (TPSA) is 37.3 Å². The van der Waals surface area contributed by atoms with Crippen molar-refractivity contribution in [3.63, 3.8) is 0 Å². The predicted molar refractivity (Wildman–Crippen MR) is 112 cm³/mol. The monoisotopic (exact) mass is 504 g/mol. The van der Waals surface area contributed by atoms with Crippen molar-refractivity contribution in [1.82, 2.24) is 0 Å². The van der Waals surface area contributed by atoms with E-state index in [1.807, 2.05) is 0 Å². The number of hydrogen-bond donors (Lipinski definition) is 1. The van der Waals surface area contributed by atoms with E-state index in [0.717, 1.165) is 26.5 Å². The maximum Gasteiger partial charge on any atom is 0.166 e. The fourth-order valence-corrected chi connectivity index (χ4v) is 4.47. The highest BCUT2D eigenvalue weighted by molar-refractivity contribution is 9.10. The number of benzene rings is 2. The van der Waals surface area contributed by atoms with E-state index in [0.29, 0.717) is 24.8 Å². The van der Waals surface area contributed by atoms with E-state index in [9.17, 15) is 18.7 Å². The van der Waals surface area contributed by atoms with E-state index in [4.69, 9.17) is 0 Å². The van der Waals surface area contributed by atoms with Crippen LogP contribution in [0.2, 0.25) is 0 Å². The largest absolute Gasteiger partial charge is 0.385 e. The van der Waals surface area contributed by atoms with Crippen molar-refractivity contribution in [2.75, 3.05) is 0 Å². The second kappa shape index (κ2) is 8.93. The summed E-state index contributed by atoms with van der Waals surface area (Å²) in [6, 6.07) is 6.05. The fourth-order valence-electron chi connectivity index (χ4n) is 3.42. The number of Topliss-reactive ketones (excluding diaryl/α,β-unsaturated/α-hetero) is 1.